The first-order chi connectivity index (χ1) is 12.9. The molecular weight excluding hydrogens is 346 g/mol. The average Bonchev–Trinajstić information content (AvgIpc) is 3.06. The summed E-state index contributed by atoms with van der Waals surface area (Å²) in [6.07, 6.45) is 3.69. The highest BCUT2D eigenvalue weighted by Crippen LogP contribution is 2.22. The van der Waals surface area contributed by atoms with Gasteiger partial charge < -0.3 is 15.0 Å². The highest BCUT2D eigenvalue weighted by atomic mass is 16.4. The number of carbonyl (C=O) groups excluding carboxylic acids is 1. The van der Waals surface area contributed by atoms with Crippen LogP contribution in [0.25, 0.3) is 0 Å². The number of aryl methyl sites for hydroxylation is 1. The molecular formula is C19H19N5O3. The Morgan fingerprint density at radius 2 is 2.07 bits per heavy atom. The molecule has 27 heavy (non-hydrogen) atoms. The molecule has 8 nitrogen and oxygen atoms in total. The lowest BCUT2D eigenvalue weighted by atomic mass is 9.97. The molecule has 0 bridgehead atoms. The van der Waals surface area contributed by atoms with E-state index in [9.17, 15) is 9.59 Å². The Bertz CT molecular complexity index is 983. The van der Waals surface area contributed by atoms with Crippen molar-refractivity contribution in [1.82, 2.24) is 19.7 Å². The number of pyridine rings is 1. The second-order valence-electron chi connectivity index (χ2n) is 6.28. The maximum absolute atomic E-state index is 12.4. The van der Waals surface area contributed by atoms with E-state index in [1.807, 2.05) is 29.8 Å². The lowest BCUT2D eigenvalue weighted by Gasteiger charge is -2.13. The molecule has 2 heterocycles. The minimum atomic E-state index is -1.11. The quantitative estimate of drug-likeness (QED) is 0.694. The molecule has 1 atom stereocenters. The van der Waals surface area contributed by atoms with E-state index in [0.717, 1.165) is 17.8 Å². The molecule has 1 aromatic carbocycles. The van der Waals surface area contributed by atoms with Crippen molar-refractivity contribution >= 4 is 17.6 Å². The van der Waals surface area contributed by atoms with E-state index in [4.69, 9.17) is 5.11 Å². The molecule has 0 saturated heterocycles. The molecule has 0 aliphatic carbocycles. The molecule has 0 aliphatic heterocycles. The number of amides is 1. The summed E-state index contributed by atoms with van der Waals surface area (Å²) in [5, 5.41) is 19.8. The van der Waals surface area contributed by atoms with Crippen LogP contribution in [-0.2, 0) is 13.5 Å². The van der Waals surface area contributed by atoms with E-state index in [2.05, 4.69) is 27.4 Å². The highest BCUT2D eigenvalue weighted by Gasteiger charge is 2.14. The van der Waals surface area contributed by atoms with Crippen molar-refractivity contribution in [1.29, 1.82) is 0 Å². The van der Waals surface area contributed by atoms with E-state index < -0.39 is 11.9 Å². The molecule has 0 aliphatic rings. The first kappa shape index (κ1) is 18.2. The standard InChI is InChI=1S/C19H19N5O3/c1-12(8-17-23-21-11-24(17)2)13-4-3-5-15(9-13)22-18(25)16-10-14(19(26)27)6-7-20-16/h3-7,9-12H,8H2,1-2H3,(H,22,25)(H,26,27)/t12-/m1/s1. The van der Waals surface area contributed by atoms with Gasteiger partial charge in [-0.15, -0.1) is 10.2 Å². The van der Waals surface area contributed by atoms with Gasteiger partial charge in [0.2, 0.25) is 0 Å². The minimum absolute atomic E-state index is 0.0150. The van der Waals surface area contributed by atoms with Gasteiger partial charge in [0.25, 0.3) is 5.91 Å². The van der Waals surface area contributed by atoms with Crippen molar-refractivity contribution in [2.75, 3.05) is 5.32 Å². The second kappa shape index (κ2) is 7.77. The van der Waals surface area contributed by atoms with Crippen LogP contribution in [0.3, 0.4) is 0 Å². The third-order valence-electron chi connectivity index (χ3n) is 4.25. The molecule has 1 amide bonds. The molecule has 8 heteroatoms. The van der Waals surface area contributed by atoms with Crippen LogP contribution in [0, 0.1) is 0 Å². The maximum Gasteiger partial charge on any atom is 0.335 e. The van der Waals surface area contributed by atoms with E-state index >= 15 is 0 Å². The zero-order valence-corrected chi connectivity index (χ0v) is 15.0. The van der Waals surface area contributed by atoms with Crippen LogP contribution in [0.1, 0.15) is 45.1 Å². The smallest absolute Gasteiger partial charge is 0.335 e. The van der Waals surface area contributed by atoms with E-state index in [-0.39, 0.29) is 17.2 Å². The van der Waals surface area contributed by atoms with Crippen LogP contribution in [0.5, 0.6) is 0 Å². The maximum atomic E-state index is 12.4. The van der Waals surface area contributed by atoms with Gasteiger partial charge in [-0.2, -0.15) is 0 Å². The van der Waals surface area contributed by atoms with Gasteiger partial charge in [-0.1, -0.05) is 19.1 Å². The summed E-state index contributed by atoms with van der Waals surface area (Å²) in [6, 6.07) is 10.1. The Morgan fingerprint density at radius 3 is 2.78 bits per heavy atom. The third kappa shape index (κ3) is 4.35. The number of hydrogen-bond donors (Lipinski definition) is 2. The average molecular weight is 365 g/mol. The van der Waals surface area contributed by atoms with Crippen LogP contribution in [0.2, 0.25) is 0 Å². The Balaban J connectivity index is 1.73. The summed E-state index contributed by atoms with van der Waals surface area (Å²) in [5.74, 6) is -0.507. The zero-order valence-electron chi connectivity index (χ0n) is 15.0. The third-order valence-corrected chi connectivity index (χ3v) is 4.25. The van der Waals surface area contributed by atoms with Crippen LogP contribution in [0.4, 0.5) is 5.69 Å². The van der Waals surface area contributed by atoms with Crippen molar-refractivity contribution in [2.45, 2.75) is 19.3 Å². The first-order valence-corrected chi connectivity index (χ1v) is 8.37. The van der Waals surface area contributed by atoms with Gasteiger partial charge in [-0.25, -0.2) is 4.79 Å². The Hall–Kier alpha value is -3.55. The molecule has 0 radical (unpaired) electrons. The van der Waals surface area contributed by atoms with Gasteiger partial charge in [0.1, 0.15) is 17.8 Å². The van der Waals surface area contributed by atoms with Crippen LogP contribution in [0.15, 0.2) is 48.9 Å². The molecule has 138 valence electrons. The summed E-state index contributed by atoms with van der Waals surface area (Å²) in [4.78, 5) is 27.4. The van der Waals surface area contributed by atoms with E-state index in [1.54, 1.807) is 12.4 Å². The molecule has 0 spiro atoms. The summed E-state index contributed by atoms with van der Waals surface area (Å²) >= 11 is 0. The number of nitrogens with one attached hydrogen (secondary N) is 1. The van der Waals surface area contributed by atoms with Gasteiger partial charge in [0.05, 0.1) is 5.56 Å². The van der Waals surface area contributed by atoms with E-state index in [1.165, 1.54) is 18.3 Å². The number of hydrogen-bond acceptors (Lipinski definition) is 5. The van der Waals surface area contributed by atoms with Crippen LogP contribution < -0.4 is 5.32 Å². The van der Waals surface area contributed by atoms with Crippen molar-refractivity contribution in [3.63, 3.8) is 0 Å². The van der Waals surface area contributed by atoms with Gasteiger partial charge >= 0.3 is 5.97 Å². The first-order valence-electron chi connectivity index (χ1n) is 8.37. The largest absolute Gasteiger partial charge is 0.478 e. The van der Waals surface area contributed by atoms with Crippen molar-refractivity contribution in [3.8, 4) is 0 Å². The van der Waals surface area contributed by atoms with Crippen molar-refractivity contribution < 1.29 is 14.7 Å². The van der Waals surface area contributed by atoms with Crippen molar-refractivity contribution in [3.05, 3.63) is 71.6 Å². The normalized spacial score (nSPS) is 11.8. The van der Waals surface area contributed by atoms with Gasteiger partial charge in [0, 0.05) is 25.4 Å². The fourth-order valence-corrected chi connectivity index (χ4v) is 2.69. The number of benzene rings is 1. The second-order valence-corrected chi connectivity index (χ2v) is 6.28. The molecule has 0 fully saturated rings. The fourth-order valence-electron chi connectivity index (χ4n) is 2.69. The molecule has 0 unspecified atom stereocenters. The number of nitrogens with zero attached hydrogens (tertiary/aromatic N) is 4. The lowest BCUT2D eigenvalue weighted by Crippen LogP contribution is -2.15. The monoisotopic (exact) mass is 365 g/mol. The summed E-state index contributed by atoms with van der Waals surface area (Å²) < 4.78 is 1.88. The number of rotatable bonds is 6. The molecule has 3 rings (SSSR count). The highest BCUT2D eigenvalue weighted by molar-refractivity contribution is 6.04. The Kier molecular flexibility index (Phi) is 5.25. The van der Waals surface area contributed by atoms with Gasteiger partial charge in [-0.05, 0) is 35.7 Å². The number of carboxylic acids is 1. The number of anilines is 1. The number of aromatic nitrogens is 4. The Morgan fingerprint density at radius 1 is 1.26 bits per heavy atom. The number of carboxylic acid groups (broad SMARTS) is 1. The van der Waals surface area contributed by atoms with Gasteiger partial charge in [0.15, 0.2) is 0 Å². The molecule has 2 N–H and O–H groups in total. The summed E-state index contributed by atoms with van der Waals surface area (Å²) in [6.45, 7) is 2.08. The summed E-state index contributed by atoms with van der Waals surface area (Å²) in [7, 11) is 1.90. The molecule has 3 aromatic rings. The summed E-state index contributed by atoms with van der Waals surface area (Å²) in [5.41, 5.74) is 1.72. The Labute approximate surface area is 155 Å². The van der Waals surface area contributed by atoms with E-state index in [0.29, 0.717) is 5.69 Å². The van der Waals surface area contributed by atoms with Crippen LogP contribution >= 0.6 is 0 Å². The zero-order chi connectivity index (χ0) is 19.4. The van der Waals surface area contributed by atoms with Gasteiger partial charge in [-0.3, -0.25) is 9.78 Å². The number of aromatic carboxylic acids is 1. The SMILES string of the molecule is C[C@H](Cc1nncn1C)c1cccc(NC(=O)c2cc(C(=O)O)ccn2)c1. The minimum Gasteiger partial charge on any atom is -0.478 e. The molecule has 2 aromatic heterocycles. The molecule has 0 saturated carbocycles. The van der Waals surface area contributed by atoms with Crippen LogP contribution in [-0.4, -0.2) is 36.7 Å². The predicted molar refractivity (Wildman–Crippen MR) is 98.7 cm³/mol. The van der Waals surface area contributed by atoms with Crippen molar-refractivity contribution in [2.24, 2.45) is 7.05 Å². The number of carbonyl (C=O) groups is 2. The topological polar surface area (TPSA) is 110 Å². The predicted octanol–water partition coefficient (Wildman–Crippen LogP) is 2.51. The lowest BCUT2D eigenvalue weighted by molar-refractivity contribution is 0.0696. The fraction of sp³-hybridized carbons (Fsp3) is 0.211.